The normalized spacial score (nSPS) is 23.5. The summed E-state index contributed by atoms with van der Waals surface area (Å²) >= 11 is 1.90. The van der Waals surface area contributed by atoms with Gasteiger partial charge in [-0.1, -0.05) is 6.92 Å². The number of thioether (sulfide) groups is 1. The highest BCUT2D eigenvalue weighted by Crippen LogP contribution is 2.26. The van der Waals surface area contributed by atoms with Gasteiger partial charge >= 0.3 is 5.97 Å². The van der Waals surface area contributed by atoms with Crippen molar-refractivity contribution in [2.24, 2.45) is 11.8 Å². The summed E-state index contributed by atoms with van der Waals surface area (Å²) in [4.78, 5) is 13.2. The monoisotopic (exact) mass is 259 g/mol. The lowest BCUT2D eigenvalue weighted by molar-refractivity contribution is -0.138. The van der Waals surface area contributed by atoms with E-state index in [9.17, 15) is 4.79 Å². The van der Waals surface area contributed by atoms with Crippen LogP contribution >= 0.6 is 11.8 Å². The second-order valence-electron chi connectivity index (χ2n) is 5.12. The van der Waals surface area contributed by atoms with Gasteiger partial charge in [-0.2, -0.15) is 11.8 Å². The van der Waals surface area contributed by atoms with E-state index in [0.717, 1.165) is 6.54 Å². The van der Waals surface area contributed by atoms with Crippen LogP contribution in [-0.4, -0.2) is 47.6 Å². The standard InChI is InChI=1S/C13H25NO2S/c1-11(9-13(15)16)12-5-3-6-14(10-12)7-4-8-17-2/h11-12H,3-10H2,1-2H3,(H,15,16). The molecule has 2 atom stereocenters. The second kappa shape index (κ2) is 7.98. The van der Waals surface area contributed by atoms with E-state index in [4.69, 9.17) is 5.11 Å². The molecule has 1 rings (SSSR count). The number of likely N-dealkylation sites (tertiary alicyclic amines) is 1. The van der Waals surface area contributed by atoms with Crippen molar-refractivity contribution >= 4 is 17.7 Å². The molecule has 1 heterocycles. The Kier molecular flexibility index (Phi) is 6.97. The van der Waals surface area contributed by atoms with Gasteiger partial charge in [0.05, 0.1) is 0 Å². The zero-order valence-electron chi connectivity index (χ0n) is 11.0. The molecule has 0 aromatic carbocycles. The number of hydrogen-bond acceptors (Lipinski definition) is 3. The van der Waals surface area contributed by atoms with Gasteiger partial charge in [-0.3, -0.25) is 4.79 Å². The largest absolute Gasteiger partial charge is 0.481 e. The highest BCUT2D eigenvalue weighted by Gasteiger charge is 2.25. The molecule has 0 saturated carbocycles. The van der Waals surface area contributed by atoms with Crippen LogP contribution in [0.5, 0.6) is 0 Å². The maximum absolute atomic E-state index is 10.7. The van der Waals surface area contributed by atoms with Gasteiger partial charge in [0.25, 0.3) is 0 Å². The molecular formula is C13H25NO2S. The van der Waals surface area contributed by atoms with Gasteiger partial charge in [-0.05, 0) is 56.2 Å². The molecule has 17 heavy (non-hydrogen) atoms. The van der Waals surface area contributed by atoms with Gasteiger partial charge in [0.1, 0.15) is 0 Å². The molecule has 0 aliphatic carbocycles. The number of carbonyl (C=O) groups is 1. The minimum atomic E-state index is -0.656. The summed E-state index contributed by atoms with van der Waals surface area (Å²) in [6, 6.07) is 0. The molecule has 1 N–H and O–H groups in total. The van der Waals surface area contributed by atoms with Crippen LogP contribution in [0.25, 0.3) is 0 Å². The van der Waals surface area contributed by atoms with Crippen LogP contribution in [-0.2, 0) is 4.79 Å². The van der Waals surface area contributed by atoms with Gasteiger partial charge in [-0.25, -0.2) is 0 Å². The Morgan fingerprint density at radius 2 is 2.35 bits per heavy atom. The molecule has 0 amide bonds. The van der Waals surface area contributed by atoms with Gasteiger partial charge in [0.15, 0.2) is 0 Å². The van der Waals surface area contributed by atoms with Crippen molar-refractivity contribution in [2.75, 3.05) is 31.6 Å². The molecule has 0 bridgehead atoms. The fourth-order valence-corrected chi connectivity index (χ4v) is 3.05. The smallest absolute Gasteiger partial charge is 0.303 e. The molecule has 0 aromatic rings. The molecule has 2 unspecified atom stereocenters. The zero-order chi connectivity index (χ0) is 12.7. The van der Waals surface area contributed by atoms with Crippen molar-refractivity contribution in [3.8, 4) is 0 Å². The van der Waals surface area contributed by atoms with Crippen LogP contribution in [0.4, 0.5) is 0 Å². The molecular weight excluding hydrogens is 234 g/mol. The van der Waals surface area contributed by atoms with Crippen LogP contribution < -0.4 is 0 Å². The first kappa shape index (κ1) is 14.8. The first-order chi connectivity index (χ1) is 8.13. The van der Waals surface area contributed by atoms with Crippen molar-refractivity contribution < 1.29 is 9.90 Å². The van der Waals surface area contributed by atoms with E-state index >= 15 is 0 Å². The average Bonchev–Trinajstić information content (AvgIpc) is 2.29. The Morgan fingerprint density at radius 1 is 1.59 bits per heavy atom. The zero-order valence-corrected chi connectivity index (χ0v) is 11.8. The van der Waals surface area contributed by atoms with E-state index in [0.29, 0.717) is 18.3 Å². The van der Waals surface area contributed by atoms with Gasteiger partial charge < -0.3 is 10.0 Å². The van der Waals surface area contributed by atoms with E-state index in [1.54, 1.807) is 0 Å². The van der Waals surface area contributed by atoms with Crippen molar-refractivity contribution in [1.29, 1.82) is 0 Å². The van der Waals surface area contributed by atoms with Crippen molar-refractivity contribution in [1.82, 2.24) is 4.90 Å². The van der Waals surface area contributed by atoms with Crippen molar-refractivity contribution in [3.63, 3.8) is 0 Å². The minimum Gasteiger partial charge on any atom is -0.481 e. The van der Waals surface area contributed by atoms with Crippen molar-refractivity contribution in [2.45, 2.75) is 32.6 Å². The fourth-order valence-electron chi connectivity index (χ4n) is 2.63. The topological polar surface area (TPSA) is 40.5 Å². The van der Waals surface area contributed by atoms with Crippen molar-refractivity contribution in [3.05, 3.63) is 0 Å². The first-order valence-electron chi connectivity index (χ1n) is 6.56. The van der Waals surface area contributed by atoms with Gasteiger partial charge in [0.2, 0.25) is 0 Å². The number of aliphatic carboxylic acids is 1. The number of carboxylic acids is 1. The quantitative estimate of drug-likeness (QED) is 0.713. The third kappa shape index (κ3) is 5.77. The summed E-state index contributed by atoms with van der Waals surface area (Å²) in [7, 11) is 0. The number of nitrogens with zero attached hydrogens (tertiary/aromatic N) is 1. The molecule has 1 aliphatic rings. The number of rotatable bonds is 7. The molecule has 100 valence electrons. The molecule has 3 nitrogen and oxygen atoms in total. The van der Waals surface area contributed by atoms with E-state index < -0.39 is 5.97 Å². The van der Waals surface area contributed by atoms with E-state index in [-0.39, 0.29) is 0 Å². The number of piperidine rings is 1. The Morgan fingerprint density at radius 3 is 3.00 bits per heavy atom. The van der Waals surface area contributed by atoms with E-state index in [1.165, 1.54) is 38.1 Å². The third-order valence-corrected chi connectivity index (χ3v) is 4.36. The number of carboxylic acid groups (broad SMARTS) is 1. The van der Waals surface area contributed by atoms with Crippen LogP contribution in [0, 0.1) is 11.8 Å². The Bertz CT molecular complexity index is 235. The molecule has 0 radical (unpaired) electrons. The van der Waals surface area contributed by atoms with Crippen LogP contribution in [0.2, 0.25) is 0 Å². The lowest BCUT2D eigenvalue weighted by Gasteiger charge is -2.35. The molecule has 4 heteroatoms. The first-order valence-corrected chi connectivity index (χ1v) is 7.96. The molecule has 1 aliphatic heterocycles. The average molecular weight is 259 g/mol. The summed E-state index contributed by atoms with van der Waals surface area (Å²) in [5.74, 6) is 1.47. The number of hydrogen-bond donors (Lipinski definition) is 1. The SMILES string of the molecule is CSCCCN1CCCC(C(C)CC(=O)O)C1. The van der Waals surface area contributed by atoms with Crippen LogP contribution in [0.3, 0.4) is 0 Å². The summed E-state index contributed by atoms with van der Waals surface area (Å²) in [6.07, 6.45) is 6.15. The molecule has 0 spiro atoms. The predicted molar refractivity (Wildman–Crippen MR) is 73.6 cm³/mol. The molecule has 1 saturated heterocycles. The fraction of sp³-hybridized carbons (Fsp3) is 0.923. The third-order valence-electron chi connectivity index (χ3n) is 3.67. The summed E-state index contributed by atoms with van der Waals surface area (Å²) in [5.41, 5.74) is 0. The Labute approximate surface area is 109 Å². The summed E-state index contributed by atoms with van der Waals surface area (Å²) in [5, 5.41) is 8.84. The lowest BCUT2D eigenvalue weighted by Crippen LogP contribution is -2.39. The minimum absolute atomic E-state index is 0.316. The predicted octanol–water partition coefficient (Wildman–Crippen LogP) is 2.56. The van der Waals surface area contributed by atoms with Crippen LogP contribution in [0.1, 0.15) is 32.6 Å². The van der Waals surface area contributed by atoms with Gasteiger partial charge in [-0.15, -0.1) is 0 Å². The molecule has 1 fully saturated rings. The maximum atomic E-state index is 10.7. The lowest BCUT2D eigenvalue weighted by atomic mass is 9.84. The summed E-state index contributed by atoms with van der Waals surface area (Å²) < 4.78 is 0. The molecule has 0 aromatic heterocycles. The maximum Gasteiger partial charge on any atom is 0.303 e. The summed E-state index contributed by atoms with van der Waals surface area (Å²) in [6.45, 7) is 5.56. The highest BCUT2D eigenvalue weighted by molar-refractivity contribution is 7.98. The second-order valence-corrected chi connectivity index (χ2v) is 6.11. The van der Waals surface area contributed by atoms with E-state index in [2.05, 4.69) is 18.1 Å². The Balaban J connectivity index is 2.29. The van der Waals surface area contributed by atoms with E-state index in [1.807, 2.05) is 11.8 Å². The van der Waals surface area contributed by atoms with Crippen LogP contribution in [0.15, 0.2) is 0 Å². The van der Waals surface area contributed by atoms with Gasteiger partial charge in [0, 0.05) is 13.0 Å². The highest BCUT2D eigenvalue weighted by atomic mass is 32.2. The Hall–Kier alpha value is -0.220.